The summed E-state index contributed by atoms with van der Waals surface area (Å²) in [6.07, 6.45) is 2.88. The molecule has 1 aliphatic heterocycles. The second-order valence-electron chi connectivity index (χ2n) is 6.79. The van der Waals surface area contributed by atoms with Crippen molar-refractivity contribution in [1.82, 2.24) is 19.3 Å². The van der Waals surface area contributed by atoms with Crippen LogP contribution in [-0.2, 0) is 6.54 Å². The van der Waals surface area contributed by atoms with Crippen molar-refractivity contribution in [2.24, 2.45) is 0 Å². The minimum absolute atomic E-state index is 0.158. The van der Waals surface area contributed by atoms with Gasteiger partial charge in [0.25, 0.3) is 11.8 Å². The number of imidazole rings is 1. The van der Waals surface area contributed by atoms with Gasteiger partial charge in [0.2, 0.25) is 5.82 Å². The number of nitrogens with one attached hydrogen (secondary N) is 1. The quantitative estimate of drug-likeness (QED) is 0.715. The molecule has 0 bridgehead atoms. The number of hydrogen-bond acceptors (Lipinski definition) is 4. The van der Waals surface area contributed by atoms with Crippen LogP contribution in [0.1, 0.15) is 29.2 Å². The Morgan fingerprint density at radius 1 is 1.21 bits per heavy atom. The van der Waals surface area contributed by atoms with E-state index in [0.717, 1.165) is 5.52 Å². The van der Waals surface area contributed by atoms with E-state index >= 15 is 0 Å². The number of amides is 1. The van der Waals surface area contributed by atoms with Gasteiger partial charge in [0, 0.05) is 44.9 Å². The summed E-state index contributed by atoms with van der Waals surface area (Å²) in [6, 6.07) is 8.75. The second kappa shape index (κ2) is 7.44. The van der Waals surface area contributed by atoms with Crippen LogP contribution in [0.25, 0.3) is 5.52 Å². The minimum atomic E-state index is -2.59. The normalized spacial score (nSPS) is 17.0. The van der Waals surface area contributed by atoms with Gasteiger partial charge in [-0.25, -0.2) is 18.7 Å². The van der Waals surface area contributed by atoms with Gasteiger partial charge in [-0.05, 0) is 24.3 Å². The minimum Gasteiger partial charge on any atom is -0.304 e. The van der Waals surface area contributed by atoms with Crippen molar-refractivity contribution in [2.75, 3.05) is 18.4 Å². The van der Waals surface area contributed by atoms with Crippen LogP contribution in [0.4, 0.5) is 14.6 Å². The van der Waals surface area contributed by atoms with Gasteiger partial charge >= 0.3 is 0 Å². The molecule has 1 amide bonds. The van der Waals surface area contributed by atoms with Crippen molar-refractivity contribution < 1.29 is 13.6 Å². The number of alkyl halides is 2. The molecule has 0 unspecified atom stereocenters. The fourth-order valence-corrected chi connectivity index (χ4v) is 3.36. The Hall–Kier alpha value is -2.58. The molecular weight excluding hydrogens is 388 g/mol. The van der Waals surface area contributed by atoms with Gasteiger partial charge in [-0.15, -0.1) is 0 Å². The molecule has 1 aliphatic rings. The molecule has 9 heteroatoms. The van der Waals surface area contributed by atoms with Crippen LogP contribution < -0.4 is 5.32 Å². The van der Waals surface area contributed by atoms with Crippen molar-refractivity contribution in [2.45, 2.75) is 25.3 Å². The maximum absolute atomic E-state index is 13.4. The number of aromatic nitrogens is 3. The zero-order chi connectivity index (χ0) is 19.7. The maximum atomic E-state index is 13.4. The van der Waals surface area contributed by atoms with E-state index in [1.54, 1.807) is 28.8 Å². The third-order valence-electron chi connectivity index (χ3n) is 4.76. The Balaban J connectivity index is 1.57. The highest BCUT2D eigenvalue weighted by Crippen LogP contribution is 2.28. The van der Waals surface area contributed by atoms with Crippen LogP contribution >= 0.6 is 11.6 Å². The number of likely N-dealkylation sites (tertiary alicyclic amines) is 1. The van der Waals surface area contributed by atoms with Crippen LogP contribution in [0, 0.1) is 0 Å². The summed E-state index contributed by atoms with van der Waals surface area (Å²) in [5.41, 5.74) is 1.45. The van der Waals surface area contributed by atoms with Crippen LogP contribution in [0.2, 0.25) is 5.02 Å². The molecule has 28 heavy (non-hydrogen) atoms. The van der Waals surface area contributed by atoms with Crippen LogP contribution in [0.15, 0.2) is 42.7 Å². The summed E-state index contributed by atoms with van der Waals surface area (Å²) in [6.45, 7) is 1.01. The number of halogens is 3. The second-order valence-corrected chi connectivity index (χ2v) is 7.22. The third-order valence-corrected chi connectivity index (χ3v) is 4.98. The molecule has 0 radical (unpaired) electrons. The number of fused-ring (bicyclic) bond motifs is 1. The van der Waals surface area contributed by atoms with E-state index in [0.29, 0.717) is 36.2 Å². The van der Waals surface area contributed by atoms with Gasteiger partial charge in [-0.1, -0.05) is 17.7 Å². The number of carbonyl (C=O) groups is 1. The summed E-state index contributed by atoms with van der Waals surface area (Å²) >= 11 is 5.81. The Morgan fingerprint density at radius 2 is 2.00 bits per heavy atom. The number of piperidine rings is 1. The summed E-state index contributed by atoms with van der Waals surface area (Å²) in [7, 11) is 0. The van der Waals surface area contributed by atoms with E-state index < -0.39 is 11.8 Å². The number of hydrogen-bond donors (Lipinski definition) is 1. The average Bonchev–Trinajstić information content (AvgIpc) is 3.04. The predicted octanol–water partition coefficient (Wildman–Crippen LogP) is 3.87. The Labute approximate surface area is 165 Å². The molecule has 0 aliphatic carbocycles. The van der Waals surface area contributed by atoms with Crippen LogP contribution in [0.5, 0.6) is 0 Å². The van der Waals surface area contributed by atoms with Gasteiger partial charge < -0.3 is 5.32 Å². The molecule has 1 N–H and O–H groups in total. The lowest BCUT2D eigenvalue weighted by Crippen LogP contribution is -2.38. The highest BCUT2D eigenvalue weighted by molar-refractivity contribution is 6.30. The zero-order valence-corrected chi connectivity index (χ0v) is 15.7. The topological polar surface area (TPSA) is 62.5 Å². The van der Waals surface area contributed by atoms with E-state index in [-0.39, 0.29) is 18.7 Å². The lowest BCUT2D eigenvalue weighted by Gasteiger charge is -2.31. The number of rotatable bonds is 4. The van der Waals surface area contributed by atoms with E-state index in [1.807, 2.05) is 17.0 Å². The smallest absolute Gasteiger partial charge is 0.293 e. The van der Waals surface area contributed by atoms with Gasteiger partial charge in [0.1, 0.15) is 5.82 Å². The van der Waals surface area contributed by atoms with E-state index in [4.69, 9.17) is 11.6 Å². The zero-order valence-electron chi connectivity index (χ0n) is 14.9. The lowest BCUT2D eigenvalue weighted by atomic mass is 10.1. The summed E-state index contributed by atoms with van der Waals surface area (Å²) < 4.78 is 28.5. The first-order valence-corrected chi connectivity index (χ1v) is 9.28. The highest BCUT2D eigenvalue weighted by atomic mass is 35.5. The SMILES string of the molecule is O=C(Nc1ccc(Cl)cn1)c1nc(CN2CCC(F)(F)CC2)c2ccccn12. The van der Waals surface area contributed by atoms with Crippen molar-refractivity contribution in [1.29, 1.82) is 0 Å². The molecule has 3 aromatic heterocycles. The number of nitrogens with zero attached hydrogens (tertiary/aromatic N) is 4. The van der Waals surface area contributed by atoms with Gasteiger partial charge in [0.15, 0.2) is 0 Å². The Bertz CT molecular complexity index is 995. The summed E-state index contributed by atoms with van der Waals surface area (Å²) in [5.74, 6) is -2.43. The molecule has 0 atom stereocenters. The summed E-state index contributed by atoms with van der Waals surface area (Å²) in [4.78, 5) is 23.2. The molecule has 1 fully saturated rings. The largest absolute Gasteiger partial charge is 0.304 e. The molecule has 3 aromatic rings. The molecular formula is C19H18ClF2N5O. The lowest BCUT2D eigenvalue weighted by molar-refractivity contribution is -0.0567. The molecule has 0 spiro atoms. The number of carbonyl (C=O) groups excluding carboxylic acids is 1. The summed E-state index contributed by atoms with van der Waals surface area (Å²) in [5, 5.41) is 3.17. The highest BCUT2D eigenvalue weighted by Gasteiger charge is 2.34. The monoisotopic (exact) mass is 405 g/mol. The third kappa shape index (κ3) is 3.98. The molecule has 146 valence electrons. The van der Waals surface area contributed by atoms with Crippen LogP contribution in [0.3, 0.4) is 0 Å². The molecule has 1 saturated heterocycles. The first-order chi connectivity index (χ1) is 13.4. The molecule has 0 saturated carbocycles. The predicted molar refractivity (Wildman–Crippen MR) is 102 cm³/mol. The van der Waals surface area contributed by atoms with Crippen molar-refractivity contribution in [3.05, 3.63) is 59.3 Å². The average molecular weight is 406 g/mol. The maximum Gasteiger partial charge on any atom is 0.293 e. The van der Waals surface area contributed by atoms with E-state index in [9.17, 15) is 13.6 Å². The van der Waals surface area contributed by atoms with Gasteiger partial charge in [0.05, 0.1) is 16.2 Å². The van der Waals surface area contributed by atoms with Gasteiger partial charge in [-0.3, -0.25) is 14.1 Å². The molecule has 6 nitrogen and oxygen atoms in total. The molecule has 4 rings (SSSR count). The van der Waals surface area contributed by atoms with Crippen molar-refractivity contribution in [3.63, 3.8) is 0 Å². The van der Waals surface area contributed by atoms with E-state index in [2.05, 4.69) is 15.3 Å². The number of pyridine rings is 2. The van der Waals surface area contributed by atoms with Crippen LogP contribution in [-0.4, -0.2) is 44.2 Å². The Morgan fingerprint density at radius 3 is 2.71 bits per heavy atom. The standard InChI is InChI=1S/C19H18ClF2N5O/c20-13-4-5-16(23-11-13)25-18(28)17-24-14(15-3-1-2-8-27(15)17)12-26-9-6-19(21,22)7-10-26/h1-5,8,11H,6-7,9-10,12H2,(H,23,25,28). The van der Waals surface area contributed by atoms with Crippen molar-refractivity contribution in [3.8, 4) is 0 Å². The fraction of sp³-hybridized carbons (Fsp3) is 0.316. The van der Waals surface area contributed by atoms with Gasteiger partial charge in [-0.2, -0.15) is 0 Å². The molecule has 0 aromatic carbocycles. The van der Waals surface area contributed by atoms with E-state index in [1.165, 1.54) is 6.20 Å². The number of anilines is 1. The Kier molecular flexibility index (Phi) is 4.99. The van der Waals surface area contributed by atoms with Crippen molar-refractivity contribution >= 4 is 28.8 Å². The first kappa shape index (κ1) is 18.8. The first-order valence-electron chi connectivity index (χ1n) is 8.90. The fourth-order valence-electron chi connectivity index (χ4n) is 3.25. The molecule has 4 heterocycles.